The van der Waals surface area contributed by atoms with Crippen LogP contribution in [-0.2, 0) is 9.53 Å². The highest BCUT2D eigenvalue weighted by Crippen LogP contribution is 2.20. The van der Waals surface area contributed by atoms with Crippen molar-refractivity contribution in [3.05, 3.63) is 72.3 Å². The lowest BCUT2D eigenvalue weighted by atomic mass is 10.1. The molecule has 0 heterocycles. The molecule has 0 saturated carbocycles. The van der Waals surface area contributed by atoms with Gasteiger partial charge in [0.25, 0.3) is 5.91 Å². The zero-order valence-corrected chi connectivity index (χ0v) is 14.5. The molecule has 0 spiro atoms. The number of carbonyl (C=O) groups excluding carboxylic acids is 2. The molecule has 0 saturated heterocycles. The largest absolute Gasteiger partial charge is 0.452 e. The Hall–Kier alpha value is -2.79. The van der Waals surface area contributed by atoms with Crippen LogP contribution < -0.4 is 5.32 Å². The Balaban J connectivity index is 1.64. The lowest BCUT2D eigenvalue weighted by Gasteiger charge is -2.09. The third-order valence-electron chi connectivity index (χ3n) is 3.70. The van der Waals surface area contributed by atoms with Gasteiger partial charge in [0, 0.05) is 10.6 Å². The second-order valence-electron chi connectivity index (χ2n) is 5.38. The number of benzene rings is 3. The maximum Gasteiger partial charge on any atom is 0.339 e. The Morgan fingerprint density at radius 3 is 2.60 bits per heavy atom. The predicted octanol–water partition coefficient (Wildman–Crippen LogP) is 4.36. The van der Waals surface area contributed by atoms with Crippen molar-refractivity contribution in [3.63, 3.8) is 0 Å². The average molecular weight is 351 g/mol. The van der Waals surface area contributed by atoms with Crippen molar-refractivity contribution in [1.29, 1.82) is 0 Å². The van der Waals surface area contributed by atoms with E-state index in [0.29, 0.717) is 11.3 Å². The Labute approximate surface area is 150 Å². The van der Waals surface area contributed by atoms with E-state index < -0.39 is 5.97 Å². The van der Waals surface area contributed by atoms with Gasteiger partial charge in [-0.1, -0.05) is 42.5 Å². The molecule has 3 rings (SSSR count). The second-order valence-corrected chi connectivity index (χ2v) is 6.26. The topological polar surface area (TPSA) is 55.4 Å². The third kappa shape index (κ3) is 4.19. The highest BCUT2D eigenvalue weighted by molar-refractivity contribution is 7.98. The fraction of sp³-hybridized carbons (Fsp3) is 0.100. The fourth-order valence-corrected chi connectivity index (χ4v) is 2.97. The SMILES string of the molecule is CSc1cccc(NC(=O)COC(=O)c2cccc3ccccc23)c1. The van der Waals surface area contributed by atoms with Crippen LogP contribution in [0.15, 0.2) is 71.6 Å². The number of nitrogens with one attached hydrogen (secondary N) is 1. The van der Waals surface area contributed by atoms with Crippen molar-refractivity contribution in [2.45, 2.75) is 4.90 Å². The summed E-state index contributed by atoms with van der Waals surface area (Å²) in [4.78, 5) is 25.4. The van der Waals surface area contributed by atoms with Gasteiger partial charge in [-0.3, -0.25) is 4.79 Å². The molecular weight excluding hydrogens is 334 g/mol. The smallest absolute Gasteiger partial charge is 0.339 e. The molecule has 3 aromatic carbocycles. The molecule has 1 amide bonds. The molecule has 0 aliphatic heterocycles. The molecule has 0 radical (unpaired) electrons. The summed E-state index contributed by atoms with van der Waals surface area (Å²) in [5.41, 5.74) is 1.13. The number of hydrogen-bond donors (Lipinski definition) is 1. The van der Waals surface area contributed by atoms with Gasteiger partial charge in [0.2, 0.25) is 0 Å². The van der Waals surface area contributed by atoms with E-state index in [2.05, 4.69) is 5.32 Å². The highest BCUT2D eigenvalue weighted by Gasteiger charge is 2.13. The summed E-state index contributed by atoms with van der Waals surface area (Å²) in [7, 11) is 0. The van der Waals surface area contributed by atoms with Gasteiger partial charge in [-0.2, -0.15) is 0 Å². The van der Waals surface area contributed by atoms with E-state index in [1.54, 1.807) is 30.0 Å². The van der Waals surface area contributed by atoms with Crippen molar-refractivity contribution in [2.75, 3.05) is 18.2 Å². The van der Waals surface area contributed by atoms with Crippen LogP contribution in [0.2, 0.25) is 0 Å². The molecule has 0 aliphatic carbocycles. The Bertz CT molecular complexity index is 918. The van der Waals surface area contributed by atoms with E-state index in [1.165, 1.54) is 0 Å². The summed E-state index contributed by atoms with van der Waals surface area (Å²) >= 11 is 1.59. The first kappa shape index (κ1) is 17.0. The molecule has 4 nitrogen and oxygen atoms in total. The van der Waals surface area contributed by atoms with Crippen molar-refractivity contribution in [2.24, 2.45) is 0 Å². The first-order valence-electron chi connectivity index (χ1n) is 7.76. The molecule has 0 aromatic heterocycles. The average Bonchev–Trinajstić information content (AvgIpc) is 2.65. The van der Waals surface area contributed by atoms with Gasteiger partial charge in [0.05, 0.1) is 5.56 Å². The van der Waals surface area contributed by atoms with Crippen molar-refractivity contribution in [1.82, 2.24) is 0 Å². The van der Waals surface area contributed by atoms with E-state index in [-0.39, 0.29) is 12.5 Å². The van der Waals surface area contributed by atoms with Crippen LogP contribution >= 0.6 is 11.8 Å². The van der Waals surface area contributed by atoms with Crippen LogP contribution in [0.5, 0.6) is 0 Å². The van der Waals surface area contributed by atoms with Gasteiger partial charge in [-0.25, -0.2) is 4.79 Å². The molecule has 25 heavy (non-hydrogen) atoms. The van der Waals surface area contributed by atoms with Crippen LogP contribution in [0.25, 0.3) is 10.8 Å². The van der Waals surface area contributed by atoms with Crippen LogP contribution in [-0.4, -0.2) is 24.7 Å². The standard InChI is InChI=1S/C20H17NO3S/c1-25-16-9-5-8-15(12-16)21-19(22)13-24-20(23)18-11-4-7-14-6-2-3-10-17(14)18/h2-12H,13H2,1H3,(H,21,22). The molecule has 5 heteroatoms. The Morgan fingerprint density at radius 1 is 1.00 bits per heavy atom. The van der Waals surface area contributed by atoms with Gasteiger partial charge in [-0.15, -0.1) is 11.8 Å². The van der Waals surface area contributed by atoms with Gasteiger partial charge in [0.15, 0.2) is 6.61 Å². The number of esters is 1. The van der Waals surface area contributed by atoms with Gasteiger partial charge < -0.3 is 10.1 Å². The first-order chi connectivity index (χ1) is 12.2. The maximum atomic E-state index is 12.3. The Morgan fingerprint density at radius 2 is 1.76 bits per heavy atom. The zero-order valence-electron chi connectivity index (χ0n) is 13.7. The summed E-state index contributed by atoms with van der Waals surface area (Å²) in [6, 6.07) is 20.5. The summed E-state index contributed by atoms with van der Waals surface area (Å²) < 4.78 is 5.17. The fourth-order valence-electron chi connectivity index (χ4n) is 2.51. The number of anilines is 1. The number of thioether (sulfide) groups is 1. The second kappa shape index (κ2) is 7.85. The molecule has 1 N–H and O–H groups in total. The quantitative estimate of drug-likeness (QED) is 0.548. The Kier molecular flexibility index (Phi) is 5.36. The molecule has 0 fully saturated rings. The summed E-state index contributed by atoms with van der Waals surface area (Å²) in [5.74, 6) is -0.878. The lowest BCUT2D eigenvalue weighted by Crippen LogP contribution is -2.21. The monoisotopic (exact) mass is 351 g/mol. The van der Waals surface area contributed by atoms with E-state index in [4.69, 9.17) is 4.74 Å². The minimum Gasteiger partial charge on any atom is -0.452 e. The minimum absolute atomic E-state index is 0.328. The van der Waals surface area contributed by atoms with E-state index in [1.807, 2.05) is 54.8 Å². The van der Waals surface area contributed by atoms with Crippen molar-refractivity contribution in [3.8, 4) is 0 Å². The van der Waals surface area contributed by atoms with Crippen molar-refractivity contribution >= 4 is 40.1 Å². The molecule has 0 unspecified atom stereocenters. The number of hydrogen-bond acceptors (Lipinski definition) is 4. The number of amides is 1. The van der Waals surface area contributed by atoms with Crippen LogP contribution in [0.1, 0.15) is 10.4 Å². The molecule has 0 atom stereocenters. The minimum atomic E-state index is -0.509. The van der Waals surface area contributed by atoms with Gasteiger partial charge in [-0.05, 0) is 41.3 Å². The summed E-state index contributed by atoms with van der Waals surface area (Å²) in [6.45, 7) is -0.328. The molecule has 126 valence electrons. The van der Waals surface area contributed by atoms with E-state index in [0.717, 1.165) is 15.7 Å². The number of carbonyl (C=O) groups is 2. The van der Waals surface area contributed by atoms with Crippen LogP contribution in [0.3, 0.4) is 0 Å². The number of rotatable bonds is 5. The van der Waals surface area contributed by atoms with Gasteiger partial charge in [0.1, 0.15) is 0 Å². The van der Waals surface area contributed by atoms with Gasteiger partial charge >= 0.3 is 5.97 Å². The normalized spacial score (nSPS) is 10.4. The highest BCUT2D eigenvalue weighted by atomic mass is 32.2. The predicted molar refractivity (Wildman–Crippen MR) is 101 cm³/mol. The molecule has 3 aromatic rings. The summed E-state index contributed by atoms with van der Waals surface area (Å²) in [6.07, 6.45) is 1.97. The third-order valence-corrected chi connectivity index (χ3v) is 4.42. The number of ether oxygens (including phenoxy) is 1. The molecular formula is C20H17NO3S. The first-order valence-corrected chi connectivity index (χ1v) is 8.98. The van der Waals surface area contributed by atoms with Crippen molar-refractivity contribution < 1.29 is 14.3 Å². The zero-order chi connectivity index (χ0) is 17.6. The number of fused-ring (bicyclic) bond motifs is 1. The lowest BCUT2D eigenvalue weighted by molar-refractivity contribution is -0.119. The summed E-state index contributed by atoms with van der Waals surface area (Å²) in [5, 5.41) is 4.49. The van der Waals surface area contributed by atoms with Crippen LogP contribution in [0, 0.1) is 0 Å². The van der Waals surface area contributed by atoms with E-state index >= 15 is 0 Å². The molecule has 0 bridgehead atoms. The maximum absolute atomic E-state index is 12.3. The van der Waals surface area contributed by atoms with E-state index in [9.17, 15) is 9.59 Å². The van der Waals surface area contributed by atoms with Crippen LogP contribution in [0.4, 0.5) is 5.69 Å². The molecule has 0 aliphatic rings.